The Kier molecular flexibility index (Phi) is 5.93. The van der Waals surface area contributed by atoms with Gasteiger partial charge in [-0.1, -0.05) is 50.1 Å². The van der Waals surface area contributed by atoms with E-state index in [1.165, 1.54) is 7.11 Å². The van der Waals surface area contributed by atoms with Crippen LogP contribution in [-0.4, -0.2) is 18.3 Å². The van der Waals surface area contributed by atoms with Crippen molar-refractivity contribution in [2.45, 2.75) is 46.1 Å². The first-order valence-electron chi connectivity index (χ1n) is 9.64. The van der Waals surface area contributed by atoms with Crippen molar-refractivity contribution in [1.82, 2.24) is 5.32 Å². The van der Waals surface area contributed by atoms with E-state index in [1.807, 2.05) is 31.2 Å². The number of alkyl carbamates (subject to hydrolysis) is 1. The van der Waals surface area contributed by atoms with E-state index in [2.05, 4.69) is 23.6 Å². The molecule has 3 rings (SSSR count). The second-order valence-corrected chi connectivity index (χ2v) is 7.11. The molecule has 0 fully saturated rings. The van der Waals surface area contributed by atoms with Gasteiger partial charge in [0.05, 0.1) is 19.2 Å². The maximum absolute atomic E-state index is 11.6. The zero-order valence-corrected chi connectivity index (χ0v) is 16.7. The lowest BCUT2D eigenvalue weighted by atomic mass is 9.88. The second kappa shape index (κ2) is 8.38. The largest absolute Gasteiger partial charge is 0.507 e. The highest BCUT2D eigenvalue weighted by Gasteiger charge is 2.27. The summed E-state index contributed by atoms with van der Waals surface area (Å²) in [6, 6.07) is 7.94. The van der Waals surface area contributed by atoms with Gasteiger partial charge in [0.1, 0.15) is 17.3 Å². The van der Waals surface area contributed by atoms with Gasteiger partial charge >= 0.3 is 6.09 Å². The SMILES string of the molecule is C=C1Oc2cc(CCCCC)c(CNC(=O)OC)c(O)c2-c2cc(C)ccc21. The number of hydrogen-bond donors (Lipinski definition) is 2. The molecule has 0 aliphatic carbocycles. The molecule has 0 atom stereocenters. The van der Waals surface area contributed by atoms with E-state index in [1.54, 1.807) is 0 Å². The minimum absolute atomic E-state index is 0.139. The fraction of sp³-hybridized carbons (Fsp3) is 0.348. The predicted molar refractivity (Wildman–Crippen MR) is 110 cm³/mol. The third-order valence-corrected chi connectivity index (χ3v) is 5.08. The van der Waals surface area contributed by atoms with E-state index in [0.717, 1.165) is 47.9 Å². The smallest absolute Gasteiger partial charge is 0.407 e. The highest BCUT2D eigenvalue weighted by Crippen LogP contribution is 2.49. The van der Waals surface area contributed by atoms with Crippen LogP contribution < -0.4 is 10.1 Å². The fourth-order valence-corrected chi connectivity index (χ4v) is 3.59. The van der Waals surface area contributed by atoms with Crippen molar-refractivity contribution >= 4 is 11.9 Å². The molecule has 2 N–H and O–H groups in total. The summed E-state index contributed by atoms with van der Waals surface area (Å²) in [6.07, 6.45) is 3.46. The van der Waals surface area contributed by atoms with Gasteiger partial charge in [0, 0.05) is 16.7 Å². The number of fused-ring (bicyclic) bond motifs is 3. The molecule has 0 bridgehead atoms. The van der Waals surface area contributed by atoms with Crippen LogP contribution in [0.3, 0.4) is 0 Å². The zero-order valence-electron chi connectivity index (χ0n) is 16.7. The van der Waals surface area contributed by atoms with Crippen LogP contribution in [0.25, 0.3) is 16.9 Å². The Balaban J connectivity index is 2.11. The quantitative estimate of drug-likeness (QED) is 0.665. The number of phenolic OH excluding ortho intramolecular Hbond substituents is 1. The standard InChI is InChI=1S/C23H27NO4/c1-5-6-7-8-16-12-20-21(22(25)19(16)13-24-23(26)27-4)18-11-14(2)9-10-17(18)15(3)28-20/h9-12,25H,3,5-8,13H2,1-2,4H3,(H,24,26). The maximum Gasteiger partial charge on any atom is 0.407 e. The Morgan fingerprint density at radius 3 is 2.75 bits per heavy atom. The summed E-state index contributed by atoms with van der Waals surface area (Å²) in [6.45, 7) is 8.38. The van der Waals surface area contributed by atoms with Gasteiger partial charge in [0.2, 0.25) is 0 Å². The molecule has 0 saturated carbocycles. The molecule has 0 radical (unpaired) electrons. The number of nitrogens with one attached hydrogen (secondary N) is 1. The molecule has 5 nitrogen and oxygen atoms in total. The Hall–Kier alpha value is -2.95. The normalized spacial score (nSPS) is 12.0. The first-order chi connectivity index (χ1) is 13.5. The van der Waals surface area contributed by atoms with Crippen LogP contribution >= 0.6 is 0 Å². The number of methoxy groups -OCH3 is 1. The molecular weight excluding hydrogens is 354 g/mol. The molecule has 0 aromatic heterocycles. The second-order valence-electron chi connectivity index (χ2n) is 7.11. The Morgan fingerprint density at radius 2 is 2.04 bits per heavy atom. The monoisotopic (exact) mass is 381 g/mol. The number of carbonyl (C=O) groups excluding carboxylic acids is 1. The number of benzene rings is 2. The van der Waals surface area contributed by atoms with E-state index in [-0.39, 0.29) is 12.3 Å². The van der Waals surface area contributed by atoms with Crippen molar-refractivity contribution in [2.75, 3.05) is 7.11 Å². The van der Waals surface area contributed by atoms with Gasteiger partial charge in [0.25, 0.3) is 0 Å². The zero-order chi connectivity index (χ0) is 20.3. The van der Waals surface area contributed by atoms with Crippen molar-refractivity contribution < 1.29 is 19.4 Å². The molecule has 5 heteroatoms. The van der Waals surface area contributed by atoms with Crippen LogP contribution in [0.2, 0.25) is 0 Å². The van der Waals surface area contributed by atoms with E-state index in [9.17, 15) is 9.90 Å². The summed E-state index contributed by atoms with van der Waals surface area (Å²) < 4.78 is 10.6. The van der Waals surface area contributed by atoms with E-state index in [4.69, 9.17) is 4.74 Å². The van der Waals surface area contributed by atoms with Crippen molar-refractivity contribution in [1.29, 1.82) is 0 Å². The molecule has 2 aromatic rings. The predicted octanol–water partition coefficient (Wildman–Crippen LogP) is 5.32. The van der Waals surface area contributed by atoms with Crippen molar-refractivity contribution in [3.05, 3.63) is 53.1 Å². The van der Waals surface area contributed by atoms with Crippen LogP contribution in [0, 0.1) is 6.92 Å². The van der Waals surface area contributed by atoms with Crippen molar-refractivity contribution in [3.63, 3.8) is 0 Å². The molecule has 1 aliphatic heterocycles. The number of aryl methyl sites for hydroxylation is 2. The molecule has 28 heavy (non-hydrogen) atoms. The fourth-order valence-electron chi connectivity index (χ4n) is 3.59. The van der Waals surface area contributed by atoms with Gasteiger partial charge in [0.15, 0.2) is 0 Å². The number of aromatic hydroxyl groups is 1. The van der Waals surface area contributed by atoms with Gasteiger partial charge in [-0.15, -0.1) is 0 Å². The Labute approximate surface area is 166 Å². The number of carbonyl (C=O) groups is 1. The number of amides is 1. The lowest BCUT2D eigenvalue weighted by molar-refractivity contribution is 0.170. The van der Waals surface area contributed by atoms with Crippen LogP contribution in [-0.2, 0) is 17.7 Å². The number of ether oxygens (including phenoxy) is 2. The molecule has 0 spiro atoms. The van der Waals surface area contributed by atoms with Gasteiger partial charge in [-0.05, 0) is 31.4 Å². The average Bonchev–Trinajstić information content (AvgIpc) is 2.67. The molecular formula is C23H27NO4. The lowest BCUT2D eigenvalue weighted by Crippen LogP contribution is -2.23. The van der Waals surface area contributed by atoms with Crippen LogP contribution in [0.5, 0.6) is 11.5 Å². The molecule has 1 heterocycles. The van der Waals surface area contributed by atoms with Gasteiger partial charge in [-0.2, -0.15) is 0 Å². The lowest BCUT2D eigenvalue weighted by Gasteiger charge is -2.26. The summed E-state index contributed by atoms with van der Waals surface area (Å²) in [5.74, 6) is 1.32. The van der Waals surface area contributed by atoms with Crippen molar-refractivity contribution in [2.24, 2.45) is 0 Å². The highest BCUT2D eigenvalue weighted by molar-refractivity contribution is 5.90. The first-order valence-corrected chi connectivity index (χ1v) is 9.64. The Bertz CT molecular complexity index is 917. The average molecular weight is 381 g/mol. The molecule has 1 aliphatic rings. The maximum atomic E-state index is 11.6. The van der Waals surface area contributed by atoms with Crippen LogP contribution in [0.4, 0.5) is 4.79 Å². The molecule has 0 unspecified atom stereocenters. The van der Waals surface area contributed by atoms with Crippen LogP contribution in [0.1, 0.15) is 48.4 Å². The number of hydrogen-bond acceptors (Lipinski definition) is 4. The van der Waals surface area contributed by atoms with E-state index in [0.29, 0.717) is 22.6 Å². The van der Waals surface area contributed by atoms with Gasteiger partial charge in [-0.3, -0.25) is 0 Å². The van der Waals surface area contributed by atoms with Gasteiger partial charge < -0.3 is 19.9 Å². The minimum Gasteiger partial charge on any atom is -0.507 e. The van der Waals surface area contributed by atoms with Gasteiger partial charge in [-0.25, -0.2) is 4.79 Å². The van der Waals surface area contributed by atoms with Crippen molar-refractivity contribution in [3.8, 4) is 22.6 Å². The third-order valence-electron chi connectivity index (χ3n) is 5.08. The first kappa shape index (κ1) is 19.8. The van der Waals surface area contributed by atoms with E-state index >= 15 is 0 Å². The number of rotatable bonds is 6. The number of phenols is 1. The summed E-state index contributed by atoms with van der Waals surface area (Å²) in [4.78, 5) is 11.6. The van der Waals surface area contributed by atoms with Crippen LogP contribution in [0.15, 0.2) is 30.8 Å². The highest BCUT2D eigenvalue weighted by atomic mass is 16.5. The van der Waals surface area contributed by atoms with E-state index < -0.39 is 6.09 Å². The molecule has 2 aromatic carbocycles. The molecule has 0 saturated heterocycles. The summed E-state index contributed by atoms with van der Waals surface area (Å²) in [7, 11) is 1.32. The summed E-state index contributed by atoms with van der Waals surface area (Å²) >= 11 is 0. The molecule has 1 amide bonds. The summed E-state index contributed by atoms with van der Waals surface area (Å²) in [5.41, 5.74) is 5.14. The number of unbranched alkanes of at least 4 members (excludes halogenated alkanes) is 2. The summed E-state index contributed by atoms with van der Waals surface area (Å²) in [5, 5.41) is 13.9. The Morgan fingerprint density at radius 1 is 1.25 bits per heavy atom. The molecule has 148 valence electrons. The third kappa shape index (κ3) is 3.84. The topological polar surface area (TPSA) is 67.8 Å². The minimum atomic E-state index is -0.530.